The van der Waals surface area contributed by atoms with Crippen LogP contribution in [0.3, 0.4) is 0 Å². The van der Waals surface area contributed by atoms with Crippen LogP contribution in [0.25, 0.3) is 0 Å². The highest BCUT2D eigenvalue weighted by molar-refractivity contribution is 9.10. The molecule has 2 rings (SSSR count). The number of amides is 1. The van der Waals surface area contributed by atoms with Crippen LogP contribution in [0.4, 0.5) is 17.2 Å². The first-order valence-electron chi connectivity index (χ1n) is 5.56. The van der Waals surface area contributed by atoms with Gasteiger partial charge in [-0.1, -0.05) is 15.9 Å². The third-order valence-electron chi connectivity index (χ3n) is 2.48. The number of pyridine rings is 1. The first kappa shape index (κ1) is 13.4. The summed E-state index contributed by atoms with van der Waals surface area (Å²) >= 11 is 3.42. The lowest BCUT2D eigenvalue weighted by atomic mass is 10.2. The molecule has 0 bridgehead atoms. The summed E-state index contributed by atoms with van der Waals surface area (Å²) in [6, 6.07) is 8.92. The number of aromatic nitrogens is 1. The van der Waals surface area contributed by atoms with E-state index in [1.807, 2.05) is 25.1 Å². The molecule has 0 aliphatic rings. The van der Waals surface area contributed by atoms with E-state index in [9.17, 15) is 4.79 Å². The van der Waals surface area contributed by atoms with Gasteiger partial charge in [0.1, 0.15) is 5.69 Å². The van der Waals surface area contributed by atoms with E-state index in [4.69, 9.17) is 11.5 Å². The molecule has 1 amide bonds. The van der Waals surface area contributed by atoms with Gasteiger partial charge in [-0.3, -0.25) is 4.79 Å². The second-order valence-corrected chi connectivity index (χ2v) is 5.06. The molecular formula is C13H13BrN4O. The number of halogens is 1. The smallest absolute Gasteiger partial charge is 0.267 e. The van der Waals surface area contributed by atoms with Gasteiger partial charge in [-0.2, -0.15) is 0 Å². The lowest BCUT2D eigenvalue weighted by Crippen LogP contribution is -2.14. The number of hydrogen-bond donors (Lipinski definition) is 3. The van der Waals surface area contributed by atoms with Gasteiger partial charge in [-0.15, -0.1) is 0 Å². The average Bonchev–Trinajstić information content (AvgIpc) is 2.30. The highest BCUT2D eigenvalue weighted by Gasteiger charge is 2.08. The number of carbonyl (C=O) groups is 1. The fourth-order valence-electron chi connectivity index (χ4n) is 1.65. The number of nitrogens with one attached hydrogen (secondary N) is 1. The maximum Gasteiger partial charge on any atom is 0.267 e. The van der Waals surface area contributed by atoms with Crippen molar-refractivity contribution in [2.45, 2.75) is 6.92 Å². The number of nitrogen functional groups attached to an aromatic ring is 1. The van der Waals surface area contributed by atoms with Crippen LogP contribution in [0.15, 0.2) is 34.8 Å². The third-order valence-corrected chi connectivity index (χ3v) is 2.94. The molecule has 1 heterocycles. The van der Waals surface area contributed by atoms with Crippen molar-refractivity contribution in [1.29, 1.82) is 0 Å². The molecular weight excluding hydrogens is 308 g/mol. The van der Waals surface area contributed by atoms with Crippen molar-refractivity contribution in [2.75, 3.05) is 11.1 Å². The molecule has 2 aromatic rings. The molecule has 19 heavy (non-hydrogen) atoms. The molecule has 1 aromatic heterocycles. The summed E-state index contributed by atoms with van der Waals surface area (Å²) in [4.78, 5) is 15.2. The van der Waals surface area contributed by atoms with Crippen LogP contribution in [0.5, 0.6) is 0 Å². The van der Waals surface area contributed by atoms with Gasteiger partial charge in [0.15, 0.2) is 5.82 Å². The zero-order valence-electron chi connectivity index (χ0n) is 10.3. The molecule has 0 saturated carbocycles. The summed E-state index contributed by atoms with van der Waals surface area (Å²) < 4.78 is 0.944. The fourth-order valence-corrected chi connectivity index (χ4v) is 2.26. The molecule has 0 aliphatic carbocycles. The predicted molar refractivity (Wildman–Crippen MR) is 79.3 cm³/mol. The number of aryl methyl sites for hydroxylation is 1. The van der Waals surface area contributed by atoms with Crippen LogP contribution in [0, 0.1) is 6.92 Å². The van der Waals surface area contributed by atoms with E-state index in [0.29, 0.717) is 11.5 Å². The monoisotopic (exact) mass is 320 g/mol. The molecule has 1 aromatic carbocycles. The van der Waals surface area contributed by atoms with Crippen molar-refractivity contribution in [2.24, 2.45) is 5.73 Å². The van der Waals surface area contributed by atoms with Crippen LogP contribution in [0.1, 0.15) is 16.1 Å². The van der Waals surface area contributed by atoms with Gasteiger partial charge in [0, 0.05) is 10.2 Å². The minimum absolute atomic E-state index is 0.170. The van der Waals surface area contributed by atoms with E-state index in [2.05, 4.69) is 26.2 Å². The van der Waals surface area contributed by atoms with E-state index < -0.39 is 5.91 Å². The highest BCUT2D eigenvalue weighted by atomic mass is 79.9. The number of primary amides is 1. The minimum atomic E-state index is -0.589. The first-order valence-corrected chi connectivity index (χ1v) is 6.35. The molecule has 0 spiro atoms. The number of carbonyl (C=O) groups excluding carboxylic acids is 1. The van der Waals surface area contributed by atoms with Gasteiger partial charge in [0.2, 0.25) is 0 Å². The van der Waals surface area contributed by atoms with Crippen LogP contribution < -0.4 is 16.8 Å². The molecule has 0 unspecified atom stereocenters. The second kappa shape index (κ2) is 5.27. The summed E-state index contributed by atoms with van der Waals surface area (Å²) in [5.41, 5.74) is 13.5. The van der Waals surface area contributed by atoms with E-state index in [0.717, 1.165) is 15.7 Å². The third kappa shape index (κ3) is 3.23. The van der Waals surface area contributed by atoms with Gasteiger partial charge in [0.05, 0.1) is 5.69 Å². The van der Waals surface area contributed by atoms with Crippen molar-refractivity contribution in [1.82, 2.24) is 4.98 Å². The molecule has 0 fully saturated rings. The van der Waals surface area contributed by atoms with Crippen molar-refractivity contribution in [3.63, 3.8) is 0 Å². The highest BCUT2D eigenvalue weighted by Crippen LogP contribution is 2.25. The normalized spacial score (nSPS) is 10.2. The fraction of sp³-hybridized carbons (Fsp3) is 0.0769. The molecule has 0 radical (unpaired) electrons. The number of benzene rings is 1. The Labute approximate surface area is 119 Å². The standard InChI is InChI=1S/C13H13BrN4O/c1-7-4-8(14)6-9(5-7)17-13-10(15)2-3-11(18-13)12(16)19/h2-6H,15H2,1H3,(H2,16,19)(H,17,18). The van der Waals surface area contributed by atoms with E-state index >= 15 is 0 Å². The van der Waals surface area contributed by atoms with Crippen molar-refractivity contribution >= 4 is 39.0 Å². The Morgan fingerprint density at radius 3 is 2.68 bits per heavy atom. The first-order chi connectivity index (χ1) is 8.95. The molecule has 6 heteroatoms. The Kier molecular flexibility index (Phi) is 3.71. The number of rotatable bonds is 3. The average molecular weight is 321 g/mol. The molecule has 0 atom stereocenters. The number of nitrogens with zero attached hydrogens (tertiary/aromatic N) is 1. The quantitative estimate of drug-likeness (QED) is 0.810. The van der Waals surface area contributed by atoms with Crippen LogP contribution >= 0.6 is 15.9 Å². The largest absolute Gasteiger partial charge is 0.396 e. The SMILES string of the molecule is Cc1cc(Br)cc(Nc2nc(C(N)=O)ccc2N)c1. The number of nitrogens with two attached hydrogens (primary N) is 2. The maximum absolute atomic E-state index is 11.1. The van der Waals surface area contributed by atoms with Crippen molar-refractivity contribution in [3.8, 4) is 0 Å². The van der Waals surface area contributed by atoms with Crippen molar-refractivity contribution < 1.29 is 4.79 Å². The molecule has 5 nitrogen and oxygen atoms in total. The predicted octanol–water partition coefficient (Wildman–Crippen LogP) is 2.58. The maximum atomic E-state index is 11.1. The van der Waals surface area contributed by atoms with Crippen LogP contribution in [-0.2, 0) is 0 Å². The number of hydrogen-bond acceptors (Lipinski definition) is 4. The Balaban J connectivity index is 2.37. The summed E-state index contributed by atoms with van der Waals surface area (Å²) in [5.74, 6) is -0.178. The Morgan fingerprint density at radius 2 is 2.05 bits per heavy atom. The van der Waals surface area contributed by atoms with Gasteiger partial charge in [-0.25, -0.2) is 4.98 Å². The zero-order valence-corrected chi connectivity index (χ0v) is 11.9. The van der Waals surface area contributed by atoms with Gasteiger partial charge in [0.25, 0.3) is 5.91 Å². The Morgan fingerprint density at radius 1 is 1.32 bits per heavy atom. The topological polar surface area (TPSA) is 94.0 Å². The van der Waals surface area contributed by atoms with Crippen LogP contribution in [-0.4, -0.2) is 10.9 Å². The Hall–Kier alpha value is -2.08. The van der Waals surface area contributed by atoms with Crippen molar-refractivity contribution in [3.05, 3.63) is 46.1 Å². The summed E-state index contributed by atoms with van der Waals surface area (Å²) in [6.07, 6.45) is 0. The van der Waals surface area contributed by atoms with Crippen LogP contribution in [0.2, 0.25) is 0 Å². The van der Waals surface area contributed by atoms with E-state index in [1.165, 1.54) is 6.07 Å². The molecule has 98 valence electrons. The molecule has 0 aliphatic heterocycles. The Bertz CT molecular complexity index is 622. The summed E-state index contributed by atoms with van der Waals surface area (Å²) in [6.45, 7) is 1.98. The minimum Gasteiger partial charge on any atom is -0.396 e. The van der Waals surface area contributed by atoms with Gasteiger partial charge in [-0.05, 0) is 42.8 Å². The summed E-state index contributed by atoms with van der Waals surface area (Å²) in [7, 11) is 0. The molecule has 0 saturated heterocycles. The van der Waals surface area contributed by atoms with E-state index in [1.54, 1.807) is 6.07 Å². The zero-order chi connectivity index (χ0) is 14.0. The van der Waals surface area contributed by atoms with E-state index in [-0.39, 0.29) is 5.69 Å². The number of anilines is 3. The summed E-state index contributed by atoms with van der Waals surface area (Å²) in [5, 5.41) is 3.08. The van der Waals surface area contributed by atoms with Gasteiger partial charge >= 0.3 is 0 Å². The lowest BCUT2D eigenvalue weighted by molar-refractivity contribution is 0.0996. The molecule has 5 N–H and O–H groups in total. The van der Waals surface area contributed by atoms with Gasteiger partial charge < -0.3 is 16.8 Å². The lowest BCUT2D eigenvalue weighted by Gasteiger charge is -2.10. The second-order valence-electron chi connectivity index (χ2n) is 4.14.